The fourth-order valence-electron chi connectivity index (χ4n) is 1.48. The van der Waals surface area contributed by atoms with Crippen LogP contribution in [0.4, 0.5) is 0 Å². The molecule has 6 nitrogen and oxygen atoms in total. The van der Waals surface area contributed by atoms with Crippen molar-refractivity contribution in [2.24, 2.45) is 0 Å². The monoisotopic (exact) mass is 239 g/mol. The Morgan fingerprint density at radius 2 is 2.24 bits per heavy atom. The highest BCUT2D eigenvalue weighted by Gasteiger charge is 2.21. The third-order valence-corrected chi connectivity index (χ3v) is 2.41. The minimum Gasteiger partial charge on any atom is -0.448 e. The van der Waals surface area contributed by atoms with E-state index in [9.17, 15) is 9.59 Å². The van der Waals surface area contributed by atoms with Crippen LogP contribution in [-0.2, 0) is 4.79 Å². The molecule has 6 heteroatoms. The summed E-state index contributed by atoms with van der Waals surface area (Å²) >= 11 is 0. The average Bonchev–Trinajstić information content (AvgIpc) is 2.73. The minimum atomic E-state index is -0.534. The number of hydrogen-bond donors (Lipinski definition) is 2. The van der Waals surface area contributed by atoms with Gasteiger partial charge in [0.1, 0.15) is 11.8 Å². The van der Waals surface area contributed by atoms with Gasteiger partial charge in [0.2, 0.25) is 5.91 Å². The van der Waals surface area contributed by atoms with Crippen LogP contribution < -0.4 is 10.6 Å². The number of nitrogens with one attached hydrogen (secondary N) is 2. The maximum Gasteiger partial charge on any atom is 0.274 e. The summed E-state index contributed by atoms with van der Waals surface area (Å²) in [5.41, 5.74) is 0.218. The molecule has 1 heterocycles. The fraction of sp³-hybridized carbons (Fsp3) is 0.545. The molecule has 0 aliphatic rings. The van der Waals surface area contributed by atoms with Gasteiger partial charge in [0.05, 0.1) is 0 Å². The van der Waals surface area contributed by atoms with Crippen LogP contribution in [0.5, 0.6) is 0 Å². The first-order valence-corrected chi connectivity index (χ1v) is 5.52. The van der Waals surface area contributed by atoms with Crippen LogP contribution >= 0.6 is 0 Å². The number of nitrogens with zero attached hydrogens (tertiary/aromatic N) is 1. The number of aromatic nitrogens is 1. The van der Waals surface area contributed by atoms with Gasteiger partial charge in [-0.15, -0.1) is 0 Å². The van der Waals surface area contributed by atoms with Gasteiger partial charge < -0.3 is 15.1 Å². The highest BCUT2D eigenvalue weighted by Crippen LogP contribution is 2.05. The molecule has 1 atom stereocenters. The molecule has 1 aromatic rings. The summed E-state index contributed by atoms with van der Waals surface area (Å²) < 4.78 is 4.94. The molecule has 0 aliphatic heterocycles. The third-order valence-electron chi connectivity index (χ3n) is 2.41. The summed E-state index contributed by atoms with van der Waals surface area (Å²) in [6.45, 7) is 3.60. The molecule has 0 bridgehead atoms. The van der Waals surface area contributed by atoms with Crippen molar-refractivity contribution in [3.63, 3.8) is 0 Å². The third kappa shape index (κ3) is 3.30. The van der Waals surface area contributed by atoms with Crippen LogP contribution in [0.2, 0.25) is 0 Å². The molecule has 1 aromatic heterocycles. The summed E-state index contributed by atoms with van der Waals surface area (Å²) in [6.07, 6.45) is 2.59. The summed E-state index contributed by atoms with van der Waals surface area (Å²) in [6, 6.07) is -0.534. The second-order valence-electron chi connectivity index (χ2n) is 3.69. The van der Waals surface area contributed by atoms with Crippen molar-refractivity contribution in [2.75, 3.05) is 7.05 Å². The highest BCUT2D eigenvalue weighted by atomic mass is 16.3. The van der Waals surface area contributed by atoms with Crippen LogP contribution in [0, 0.1) is 6.92 Å². The first-order valence-electron chi connectivity index (χ1n) is 5.52. The first-order chi connectivity index (χ1) is 8.10. The Balaban J connectivity index is 2.71. The molecule has 0 fully saturated rings. The lowest BCUT2D eigenvalue weighted by Gasteiger charge is -2.15. The van der Waals surface area contributed by atoms with Gasteiger partial charge in [-0.2, -0.15) is 0 Å². The Labute approximate surface area is 99.8 Å². The van der Waals surface area contributed by atoms with Gasteiger partial charge in [-0.1, -0.05) is 13.3 Å². The molecule has 1 rings (SSSR count). The van der Waals surface area contributed by atoms with Crippen LogP contribution in [0.25, 0.3) is 0 Å². The van der Waals surface area contributed by atoms with Gasteiger partial charge in [-0.3, -0.25) is 9.59 Å². The van der Waals surface area contributed by atoms with E-state index in [2.05, 4.69) is 15.6 Å². The largest absolute Gasteiger partial charge is 0.448 e. The highest BCUT2D eigenvalue weighted by molar-refractivity contribution is 5.96. The molecular weight excluding hydrogens is 222 g/mol. The van der Waals surface area contributed by atoms with E-state index in [0.717, 1.165) is 6.42 Å². The van der Waals surface area contributed by atoms with Gasteiger partial charge in [0, 0.05) is 7.05 Å². The topological polar surface area (TPSA) is 84.2 Å². The maximum absolute atomic E-state index is 11.8. The standard InChI is InChI=1S/C11H17N3O3/c1-4-5-8(10(15)12-3)14-11(16)9-7(2)17-6-13-9/h6,8H,4-5H2,1-3H3,(H,12,15)(H,14,16)/t8-/m0/s1. The zero-order chi connectivity index (χ0) is 12.8. The number of carbonyl (C=O) groups excluding carboxylic acids is 2. The van der Waals surface area contributed by atoms with Crippen LogP contribution in [0.1, 0.15) is 36.0 Å². The number of amides is 2. The Hall–Kier alpha value is -1.85. The molecule has 0 spiro atoms. The molecule has 94 valence electrons. The van der Waals surface area contributed by atoms with E-state index in [0.29, 0.717) is 12.2 Å². The Kier molecular flexibility index (Phi) is 4.68. The Bertz CT molecular complexity index is 400. The van der Waals surface area contributed by atoms with Gasteiger partial charge in [-0.05, 0) is 13.3 Å². The molecule has 17 heavy (non-hydrogen) atoms. The van der Waals surface area contributed by atoms with Crippen molar-refractivity contribution in [1.29, 1.82) is 0 Å². The van der Waals surface area contributed by atoms with Crippen LogP contribution in [0.15, 0.2) is 10.8 Å². The number of hydrogen-bond acceptors (Lipinski definition) is 4. The number of carbonyl (C=O) groups is 2. The second-order valence-corrected chi connectivity index (χ2v) is 3.69. The summed E-state index contributed by atoms with van der Waals surface area (Å²) in [4.78, 5) is 27.1. The van der Waals surface area contributed by atoms with Crippen molar-refractivity contribution in [3.05, 3.63) is 17.8 Å². The number of rotatable bonds is 5. The summed E-state index contributed by atoms with van der Waals surface area (Å²) in [5, 5.41) is 5.16. The van der Waals surface area contributed by atoms with E-state index in [-0.39, 0.29) is 11.6 Å². The normalized spacial score (nSPS) is 11.9. The van der Waals surface area contributed by atoms with Gasteiger partial charge in [0.15, 0.2) is 12.1 Å². The second kappa shape index (κ2) is 6.03. The van der Waals surface area contributed by atoms with E-state index in [1.54, 1.807) is 14.0 Å². The molecule has 0 aliphatic carbocycles. The Morgan fingerprint density at radius 1 is 1.53 bits per heavy atom. The van der Waals surface area contributed by atoms with Gasteiger partial charge in [0.25, 0.3) is 5.91 Å². The number of oxazole rings is 1. The molecule has 0 saturated heterocycles. The van der Waals surface area contributed by atoms with Gasteiger partial charge >= 0.3 is 0 Å². The van der Waals surface area contributed by atoms with E-state index in [1.807, 2.05) is 6.92 Å². The van der Waals surface area contributed by atoms with Gasteiger partial charge in [-0.25, -0.2) is 4.98 Å². The average molecular weight is 239 g/mol. The van der Waals surface area contributed by atoms with E-state index in [4.69, 9.17) is 4.42 Å². The van der Waals surface area contributed by atoms with Crippen molar-refractivity contribution in [2.45, 2.75) is 32.7 Å². The zero-order valence-corrected chi connectivity index (χ0v) is 10.2. The van der Waals surface area contributed by atoms with Crippen molar-refractivity contribution >= 4 is 11.8 Å². The predicted octanol–water partition coefficient (Wildman–Crippen LogP) is 0.628. The molecule has 2 amide bonds. The van der Waals surface area contributed by atoms with E-state index >= 15 is 0 Å². The SMILES string of the molecule is CCC[C@H](NC(=O)c1ncoc1C)C(=O)NC. The Morgan fingerprint density at radius 3 is 2.71 bits per heavy atom. The summed E-state index contributed by atoms with van der Waals surface area (Å²) in [5.74, 6) is -0.158. The van der Waals surface area contributed by atoms with Crippen LogP contribution in [0.3, 0.4) is 0 Å². The lowest BCUT2D eigenvalue weighted by atomic mass is 10.1. The number of likely N-dealkylation sites (N-methyl/N-ethyl adjacent to an activating group) is 1. The van der Waals surface area contributed by atoms with Crippen LogP contribution in [-0.4, -0.2) is 29.9 Å². The maximum atomic E-state index is 11.8. The van der Waals surface area contributed by atoms with Crippen molar-refractivity contribution in [3.8, 4) is 0 Å². The lowest BCUT2D eigenvalue weighted by molar-refractivity contribution is -0.122. The molecule has 0 saturated carbocycles. The number of aryl methyl sites for hydroxylation is 1. The molecular formula is C11H17N3O3. The quantitative estimate of drug-likeness (QED) is 0.789. The molecule has 0 aromatic carbocycles. The van der Waals surface area contributed by atoms with Crippen molar-refractivity contribution in [1.82, 2.24) is 15.6 Å². The fourth-order valence-corrected chi connectivity index (χ4v) is 1.48. The predicted molar refractivity (Wildman–Crippen MR) is 61.5 cm³/mol. The molecule has 0 radical (unpaired) electrons. The lowest BCUT2D eigenvalue weighted by Crippen LogP contribution is -2.45. The van der Waals surface area contributed by atoms with Crippen molar-refractivity contribution < 1.29 is 14.0 Å². The molecule has 0 unspecified atom stereocenters. The summed E-state index contributed by atoms with van der Waals surface area (Å²) in [7, 11) is 1.54. The van der Waals surface area contributed by atoms with E-state index < -0.39 is 11.9 Å². The first kappa shape index (κ1) is 13.2. The minimum absolute atomic E-state index is 0.207. The zero-order valence-electron chi connectivity index (χ0n) is 10.2. The molecule has 2 N–H and O–H groups in total. The van der Waals surface area contributed by atoms with E-state index in [1.165, 1.54) is 6.39 Å². The smallest absolute Gasteiger partial charge is 0.274 e.